The standard InChI is InChI=1S/C26H23FN4O3/c1-16(2)25(33)30-20-11-4-3-10-19(20)24-26(34)31(22-13-6-5-12-21(22)29-24)15-23(32)28-18-9-7-8-17(27)14-18/h3-14,16H,15H2,1-2H3,(H,28,32)(H,30,33). The number of aromatic nitrogens is 2. The Morgan fingerprint density at radius 2 is 1.71 bits per heavy atom. The molecule has 0 fully saturated rings. The fraction of sp³-hybridized carbons (Fsp3) is 0.154. The minimum atomic E-state index is -0.489. The average molecular weight is 458 g/mol. The number of anilines is 2. The summed E-state index contributed by atoms with van der Waals surface area (Å²) in [6.45, 7) is 3.25. The van der Waals surface area contributed by atoms with Crippen molar-refractivity contribution < 1.29 is 14.0 Å². The van der Waals surface area contributed by atoms with E-state index >= 15 is 0 Å². The van der Waals surface area contributed by atoms with Crippen molar-refractivity contribution in [1.29, 1.82) is 0 Å². The third-order valence-electron chi connectivity index (χ3n) is 5.23. The van der Waals surface area contributed by atoms with Crippen LogP contribution in [-0.4, -0.2) is 21.4 Å². The predicted molar refractivity (Wildman–Crippen MR) is 130 cm³/mol. The van der Waals surface area contributed by atoms with E-state index in [1.54, 1.807) is 68.4 Å². The molecule has 0 aliphatic rings. The third kappa shape index (κ3) is 4.85. The molecule has 2 amide bonds. The zero-order valence-corrected chi connectivity index (χ0v) is 18.7. The van der Waals surface area contributed by atoms with E-state index in [4.69, 9.17) is 0 Å². The van der Waals surface area contributed by atoms with Gasteiger partial charge in [0.15, 0.2) is 0 Å². The van der Waals surface area contributed by atoms with Gasteiger partial charge in [-0.1, -0.05) is 50.2 Å². The Kier molecular flexibility index (Phi) is 6.49. The molecule has 0 aliphatic carbocycles. The number of nitrogens with one attached hydrogen (secondary N) is 2. The van der Waals surface area contributed by atoms with Crippen LogP contribution in [0.2, 0.25) is 0 Å². The first-order valence-corrected chi connectivity index (χ1v) is 10.8. The Hall–Kier alpha value is -4.33. The van der Waals surface area contributed by atoms with Crippen LogP contribution in [0.3, 0.4) is 0 Å². The van der Waals surface area contributed by atoms with Gasteiger partial charge in [0.05, 0.1) is 16.7 Å². The van der Waals surface area contributed by atoms with Crippen LogP contribution in [0.4, 0.5) is 15.8 Å². The SMILES string of the molecule is CC(C)C(=O)Nc1ccccc1-c1nc2ccccc2n(CC(=O)Nc2cccc(F)c2)c1=O. The second-order valence-corrected chi connectivity index (χ2v) is 8.09. The van der Waals surface area contributed by atoms with Gasteiger partial charge >= 0.3 is 0 Å². The summed E-state index contributed by atoms with van der Waals surface area (Å²) >= 11 is 0. The van der Waals surface area contributed by atoms with Crippen molar-refractivity contribution in [3.63, 3.8) is 0 Å². The number of carbonyl (C=O) groups excluding carboxylic acids is 2. The number of carbonyl (C=O) groups is 2. The van der Waals surface area contributed by atoms with Gasteiger partial charge < -0.3 is 10.6 Å². The Bertz CT molecular complexity index is 1450. The van der Waals surface area contributed by atoms with E-state index in [1.807, 2.05) is 0 Å². The molecule has 3 aromatic carbocycles. The van der Waals surface area contributed by atoms with Crippen molar-refractivity contribution in [2.24, 2.45) is 5.92 Å². The lowest BCUT2D eigenvalue weighted by Gasteiger charge is -2.15. The van der Waals surface area contributed by atoms with Crippen LogP contribution in [-0.2, 0) is 16.1 Å². The van der Waals surface area contributed by atoms with E-state index in [9.17, 15) is 18.8 Å². The maximum atomic E-state index is 13.5. The molecule has 0 aliphatic heterocycles. The molecular formula is C26H23FN4O3. The highest BCUT2D eigenvalue weighted by atomic mass is 19.1. The summed E-state index contributed by atoms with van der Waals surface area (Å²) in [5.41, 5.74) is 1.81. The van der Waals surface area contributed by atoms with Crippen molar-refractivity contribution in [1.82, 2.24) is 9.55 Å². The normalized spacial score (nSPS) is 10.9. The van der Waals surface area contributed by atoms with E-state index in [2.05, 4.69) is 15.6 Å². The molecule has 8 heteroatoms. The molecule has 0 bridgehead atoms. The molecule has 34 heavy (non-hydrogen) atoms. The van der Waals surface area contributed by atoms with Gasteiger partial charge in [-0.15, -0.1) is 0 Å². The molecule has 1 heterocycles. The first-order valence-electron chi connectivity index (χ1n) is 10.8. The van der Waals surface area contributed by atoms with Gasteiger partial charge in [0.25, 0.3) is 5.56 Å². The van der Waals surface area contributed by atoms with Gasteiger partial charge in [0.2, 0.25) is 11.8 Å². The summed E-state index contributed by atoms with van der Waals surface area (Å²) in [5.74, 6) is -1.41. The number of amides is 2. The van der Waals surface area contributed by atoms with Crippen molar-refractivity contribution in [3.05, 3.63) is 89.0 Å². The summed E-state index contributed by atoms with van der Waals surface area (Å²) in [5, 5.41) is 5.46. The second-order valence-electron chi connectivity index (χ2n) is 8.09. The molecule has 0 saturated heterocycles. The van der Waals surface area contributed by atoms with E-state index < -0.39 is 17.3 Å². The highest BCUT2D eigenvalue weighted by molar-refractivity contribution is 5.96. The van der Waals surface area contributed by atoms with Crippen LogP contribution >= 0.6 is 0 Å². The molecule has 7 nitrogen and oxygen atoms in total. The molecule has 0 unspecified atom stereocenters. The number of fused-ring (bicyclic) bond motifs is 1. The van der Waals surface area contributed by atoms with E-state index in [1.165, 1.54) is 22.8 Å². The van der Waals surface area contributed by atoms with Gasteiger partial charge in [-0.25, -0.2) is 9.37 Å². The number of halogens is 1. The zero-order chi connectivity index (χ0) is 24.2. The van der Waals surface area contributed by atoms with Gasteiger partial charge in [0, 0.05) is 17.2 Å². The maximum absolute atomic E-state index is 13.5. The van der Waals surface area contributed by atoms with Crippen LogP contribution in [0.1, 0.15) is 13.8 Å². The molecule has 0 saturated carbocycles. The third-order valence-corrected chi connectivity index (χ3v) is 5.23. The first-order chi connectivity index (χ1) is 16.3. The Morgan fingerprint density at radius 1 is 0.971 bits per heavy atom. The summed E-state index contributed by atoms with van der Waals surface area (Å²) < 4.78 is 14.8. The van der Waals surface area contributed by atoms with Gasteiger partial charge in [-0.3, -0.25) is 19.0 Å². The lowest BCUT2D eigenvalue weighted by Crippen LogP contribution is -2.30. The number of benzene rings is 3. The van der Waals surface area contributed by atoms with Crippen LogP contribution in [0.15, 0.2) is 77.6 Å². The van der Waals surface area contributed by atoms with Crippen molar-refractivity contribution in [2.45, 2.75) is 20.4 Å². The Balaban J connectivity index is 1.78. The summed E-state index contributed by atoms with van der Waals surface area (Å²) in [6, 6.07) is 19.4. The molecule has 172 valence electrons. The summed E-state index contributed by atoms with van der Waals surface area (Å²) in [6.07, 6.45) is 0. The zero-order valence-electron chi connectivity index (χ0n) is 18.7. The van der Waals surface area contributed by atoms with E-state index in [-0.39, 0.29) is 24.1 Å². The number of hydrogen-bond acceptors (Lipinski definition) is 4. The average Bonchev–Trinajstić information content (AvgIpc) is 2.81. The van der Waals surface area contributed by atoms with E-state index in [0.29, 0.717) is 28.0 Å². The van der Waals surface area contributed by atoms with Crippen LogP contribution in [0, 0.1) is 11.7 Å². The smallest absolute Gasteiger partial charge is 0.278 e. The predicted octanol–water partition coefficient (Wildman–Crippen LogP) is 4.44. The molecule has 0 spiro atoms. The molecule has 2 N–H and O–H groups in total. The quantitative estimate of drug-likeness (QED) is 0.447. The fourth-order valence-corrected chi connectivity index (χ4v) is 3.51. The fourth-order valence-electron chi connectivity index (χ4n) is 3.51. The van der Waals surface area contributed by atoms with Crippen LogP contribution in [0.25, 0.3) is 22.3 Å². The number of rotatable bonds is 6. The highest BCUT2D eigenvalue weighted by Crippen LogP contribution is 2.26. The van der Waals surface area contributed by atoms with Gasteiger partial charge in [-0.2, -0.15) is 0 Å². The number of para-hydroxylation sites is 3. The van der Waals surface area contributed by atoms with Crippen molar-refractivity contribution in [2.75, 3.05) is 10.6 Å². The van der Waals surface area contributed by atoms with Crippen LogP contribution in [0.5, 0.6) is 0 Å². The monoisotopic (exact) mass is 458 g/mol. The Morgan fingerprint density at radius 3 is 2.47 bits per heavy atom. The van der Waals surface area contributed by atoms with Crippen LogP contribution < -0.4 is 16.2 Å². The van der Waals surface area contributed by atoms with Gasteiger partial charge in [-0.05, 0) is 36.4 Å². The highest BCUT2D eigenvalue weighted by Gasteiger charge is 2.19. The Labute approximate surface area is 195 Å². The molecule has 0 radical (unpaired) electrons. The molecule has 4 rings (SSSR count). The van der Waals surface area contributed by atoms with Gasteiger partial charge in [0.1, 0.15) is 18.1 Å². The minimum Gasteiger partial charge on any atom is -0.325 e. The molecule has 1 aromatic heterocycles. The lowest BCUT2D eigenvalue weighted by atomic mass is 10.1. The first kappa shape index (κ1) is 22.8. The molecule has 0 atom stereocenters. The largest absolute Gasteiger partial charge is 0.325 e. The second kappa shape index (κ2) is 9.66. The van der Waals surface area contributed by atoms with Crippen molar-refractivity contribution in [3.8, 4) is 11.3 Å². The maximum Gasteiger partial charge on any atom is 0.278 e. The topological polar surface area (TPSA) is 93.1 Å². The molecule has 4 aromatic rings. The number of hydrogen-bond donors (Lipinski definition) is 2. The number of nitrogens with zero attached hydrogens (tertiary/aromatic N) is 2. The summed E-state index contributed by atoms with van der Waals surface area (Å²) in [7, 11) is 0. The lowest BCUT2D eigenvalue weighted by molar-refractivity contribution is -0.119. The van der Waals surface area contributed by atoms with E-state index in [0.717, 1.165) is 0 Å². The van der Waals surface area contributed by atoms with Crippen molar-refractivity contribution >= 4 is 34.2 Å². The molecular weight excluding hydrogens is 435 g/mol. The summed E-state index contributed by atoms with van der Waals surface area (Å²) in [4.78, 5) is 43.2. The minimum absolute atomic E-state index is 0.108.